The van der Waals surface area contributed by atoms with Gasteiger partial charge < -0.3 is 10.1 Å². The molecule has 0 fully saturated rings. The van der Waals surface area contributed by atoms with Gasteiger partial charge in [0.2, 0.25) is 5.91 Å². The number of hydrogen-bond acceptors (Lipinski definition) is 4. The highest BCUT2D eigenvalue weighted by molar-refractivity contribution is 5.83. The smallest absolute Gasteiger partial charge is 0.322 e. The molecule has 0 saturated carbocycles. The second kappa shape index (κ2) is 8.10. The highest BCUT2D eigenvalue weighted by atomic mass is 16.5. The van der Waals surface area contributed by atoms with E-state index < -0.39 is 12.1 Å². The van der Waals surface area contributed by atoms with E-state index in [1.807, 2.05) is 13.8 Å². The van der Waals surface area contributed by atoms with Crippen LogP contribution in [-0.2, 0) is 14.3 Å². The maximum Gasteiger partial charge on any atom is 0.322 e. The maximum absolute atomic E-state index is 11.5. The van der Waals surface area contributed by atoms with Gasteiger partial charge in [0.15, 0.2) is 0 Å². The molecule has 0 aromatic rings. The van der Waals surface area contributed by atoms with Gasteiger partial charge in [0.1, 0.15) is 6.04 Å². The van der Waals surface area contributed by atoms with Crippen LogP contribution in [0.5, 0.6) is 0 Å². The fraction of sp³-hybridized carbons (Fsp3) is 0.818. The van der Waals surface area contributed by atoms with Crippen LogP contribution in [0.2, 0.25) is 0 Å². The van der Waals surface area contributed by atoms with E-state index in [2.05, 4.69) is 15.4 Å². The molecule has 0 rings (SSSR count). The first-order valence-corrected chi connectivity index (χ1v) is 5.68. The van der Waals surface area contributed by atoms with E-state index >= 15 is 0 Å². The normalized spacial score (nSPS) is 14.0. The van der Waals surface area contributed by atoms with Gasteiger partial charge in [0, 0.05) is 6.54 Å². The molecule has 2 unspecified atom stereocenters. The van der Waals surface area contributed by atoms with Gasteiger partial charge in [-0.05, 0) is 19.8 Å². The number of ether oxygens (including phenoxy) is 1. The van der Waals surface area contributed by atoms with Crippen LogP contribution in [0.1, 0.15) is 33.6 Å². The Morgan fingerprint density at radius 1 is 1.31 bits per heavy atom. The molecule has 1 amide bonds. The summed E-state index contributed by atoms with van der Waals surface area (Å²) in [5.74, 6) is -0.429. The van der Waals surface area contributed by atoms with E-state index in [0.29, 0.717) is 13.0 Å². The van der Waals surface area contributed by atoms with Crippen LogP contribution in [0.4, 0.5) is 0 Å². The number of esters is 1. The second-order valence-corrected chi connectivity index (χ2v) is 3.66. The lowest BCUT2D eigenvalue weighted by Crippen LogP contribution is -2.49. The summed E-state index contributed by atoms with van der Waals surface area (Å²) in [6.07, 6.45) is 1.49. The predicted molar refractivity (Wildman–Crippen MR) is 62.0 cm³/mol. The van der Waals surface area contributed by atoms with Gasteiger partial charge in [-0.1, -0.05) is 13.8 Å². The number of amides is 1. The van der Waals surface area contributed by atoms with Crippen molar-refractivity contribution in [2.24, 2.45) is 0 Å². The van der Waals surface area contributed by atoms with Crippen molar-refractivity contribution < 1.29 is 14.3 Å². The zero-order chi connectivity index (χ0) is 12.6. The lowest BCUT2D eigenvalue weighted by Gasteiger charge is -2.19. The first-order valence-electron chi connectivity index (χ1n) is 5.68. The summed E-state index contributed by atoms with van der Waals surface area (Å²) in [6, 6.07) is -0.817. The molecule has 0 spiro atoms. The summed E-state index contributed by atoms with van der Waals surface area (Å²) in [6.45, 7) is 6.24. The summed E-state index contributed by atoms with van der Waals surface area (Å²) in [7, 11) is 1.34. The summed E-state index contributed by atoms with van der Waals surface area (Å²) < 4.78 is 4.63. The molecule has 0 aromatic heterocycles. The molecule has 0 bridgehead atoms. The Morgan fingerprint density at radius 3 is 2.38 bits per heavy atom. The molecular formula is C11H22N2O3. The predicted octanol–water partition coefficient (Wildman–Crippen LogP) is 0.442. The molecule has 2 N–H and O–H groups in total. The van der Waals surface area contributed by atoms with E-state index in [4.69, 9.17) is 0 Å². The zero-order valence-electron chi connectivity index (χ0n) is 10.5. The van der Waals surface area contributed by atoms with Crippen LogP contribution >= 0.6 is 0 Å². The van der Waals surface area contributed by atoms with E-state index in [1.54, 1.807) is 6.92 Å². The van der Waals surface area contributed by atoms with Crippen LogP contribution in [0.25, 0.3) is 0 Å². The van der Waals surface area contributed by atoms with Gasteiger partial charge in [-0.25, -0.2) is 0 Å². The monoisotopic (exact) mass is 230 g/mol. The first kappa shape index (κ1) is 14.9. The minimum Gasteiger partial charge on any atom is -0.468 e. The summed E-state index contributed by atoms with van der Waals surface area (Å²) in [5.41, 5.74) is 0. The number of hydrogen-bond donors (Lipinski definition) is 2. The van der Waals surface area contributed by atoms with E-state index in [1.165, 1.54) is 7.11 Å². The summed E-state index contributed by atoms with van der Waals surface area (Å²) in [4.78, 5) is 22.8. The van der Waals surface area contributed by atoms with Crippen molar-refractivity contribution in [1.29, 1.82) is 0 Å². The average Bonchev–Trinajstić information content (AvgIpc) is 2.31. The minimum absolute atomic E-state index is 0.0933. The van der Waals surface area contributed by atoms with Crippen molar-refractivity contribution in [3.05, 3.63) is 0 Å². The molecule has 0 radical (unpaired) electrons. The van der Waals surface area contributed by atoms with Crippen molar-refractivity contribution in [3.63, 3.8) is 0 Å². The second-order valence-electron chi connectivity index (χ2n) is 3.66. The number of carbonyl (C=O) groups excluding carboxylic acids is 2. The Hall–Kier alpha value is -1.10. The van der Waals surface area contributed by atoms with Crippen molar-refractivity contribution in [2.45, 2.75) is 45.7 Å². The molecule has 0 saturated heterocycles. The van der Waals surface area contributed by atoms with Gasteiger partial charge >= 0.3 is 5.97 Å². The van der Waals surface area contributed by atoms with Gasteiger partial charge in [0.05, 0.1) is 13.2 Å². The highest BCUT2D eigenvalue weighted by Gasteiger charge is 2.22. The summed E-state index contributed by atoms with van der Waals surface area (Å²) in [5, 5.41) is 5.70. The number of methoxy groups -OCH3 is 1. The van der Waals surface area contributed by atoms with Crippen molar-refractivity contribution in [3.8, 4) is 0 Å². The van der Waals surface area contributed by atoms with Crippen LogP contribution < -0.4 is 10.6 Å². The molecule has 0 heterocycles. The topological polar surface area (TPSA) is 67.4 Å². The van der Waals surface area contributed by atoms with Gasteiger partial charge in [-0.3, -0.25) is 14.9 Å². The molecule has 5 heteroatoms. The SMILES string of the molecule is CCCNC(=O)C(C)NC(CC)C(=O)OC. The largest absolute Gasteiger partial charge is 0.468 e. The van der Waals surface area contributed by atoms with E-state index in [9.17, 15) is 9.59 Å². The molecule has 2 atom stereocenters. The Morgan fingerprint density at radius 2 is 1.94 bits per heavy atom. The highest BCUT2D eigenvalue weighted by Crippen LogP contribution is 1.96. The van der Waals surface area contributed by atoms with Crippen LogP contribution in [0.3, 0.4) is 0 Å². The van der Waals surface area contributed by atoms with E-state index in [0.717, 1.165) is 6.42 Å². The molecule has 16 heavy (non-hydrogen) atoms. The standard InChI is InChI=1S/C11H22N2O3/c1-5-7-12-10(14)8(3)13-9(6-2)11(15)16-4/h8-9,13H,5-7H2,1-4H3,(H,12,14). The quantitative estimate of drug-likeness (QED) is 0.623. The van der Waals surface area contributed by atoms with Gasteiger partial charge in [-0.2, -0.15) is 0 Å². The molecule has 0 aliphatic carbocycles. The van der Waals surface area contributed by atoms with Crippen LogP contribution in [0, 0.1) is 0 Å². The maximum atomic E-state index is 11.5. The molecule has 0 aromatic carbocycles. The Labute approximate surface area is 96.9 Å². The minimum atomic E-state index is -0.424. The fourth-order valence-electron chi connectivity index (χ4n) is 1.27. The average molecular weight is 230 g/mol. The zero-order valence-corrected chi connectivity index (χ0v) is 10.5. The van der Waals surface area contributed by atoms with E-state index in [-0.39, 0.29) is 11.9 Å². The third-order valence-electron chi connectivity index (χ3n) is 2.29. The Bertz CT molecular complexity index is 231. The lowest BCUT2D eigenvalue weighted by atomic mass is 10.2. The lowest BCUT2D eigenvalue weighted by molar-refractivity contribution is -0.143. The van der Waals surface area contributed by atoms with Gasteiger partial charge in [-0.15, -0.1) is 0 Å². The third-order valence-corrected chi connectivity index (χ3v) is 2.29. The van der Waals surface area contributed by atoms with Crippen molar-refractivity contribution in [2.75, 3.05) is 13.7 Å². The molecule has 0 aliphatic rings. The summed E-state index contributed by atoms with van der Waals surface area (Å²) >= 11 is 0. The molecule has 5 nitrogen and oxygen atoms in total. The van der Waals surface area contributed by atoms with Crippen LogP contribution in [0.15, 0.2) is 0 Å². The fourth-order valence-corrected chi connectivity index (χ4v) is 1.27. The van der Waals surface area contributed by atoms with Crippen LogP contribution in [-0.4, -0.2) is 37.6 Å². The molecular weight excluding hydrogens is 208 g/mol. The first-order chi connectivity index (χ1) is 7.56. The number of rotatable bonds is 7. The molecule has 0 aliphatic heterocycles. The third kappa shape index (κ3) is 5.11. The number of carbonyl (C=O) groups is 2. The Kier molecular flexibility index (Phi) is 7.54. The van der Waals surface area contributed by atoms with Gasteiger partial charge in [0.25, 0.3) is 0 Å². The van der Waals surface area contributed by atoms with Crippen molar-refractivity contribution in [1.82, 2.24) is 10.6 Å². The Balaban J connectivity index is 4.13. The molecule has 94 valence electrons. The van der Waals surface area contributed by atoms with Crippen molar-refractivity contribution >= 4 is 11.9 Å². The number of nitrogens with one attached hydrogen (secondary N) is 2.